The molecule has 0 unspecified atom stereocenters. The molecular weight excluding hydrogens is 382 g/mol. The van der Waals surface area contributed by atoms with Gasteiger partial charge in [-0.1, -0.05) is 30.3 Å². The molecule has 8 heteroatoms. The summed E-state index contributed by atoms with van der Waals surface area (Å²) in [5, 5.41) is 9.48. The van der Waals surface area contributed by atoms with Crippen LogP contribution in [0.3, 0.4) is 0 Å². The molecule has 0 saturated carbocycles. The number of anilines is 1. The third-order valence-electron chi connectivity index (χ3n) is 4.98. The fourth-order valence-electron chi connectivity index (χ4n) is 3.41. The summed E-state index contributed by atoms with van der Waals surface area (Å²) in [6.07, 6.45) is 1.58. The van der Waals surface area contributed by atoms with Gasteiger partial charge >= 0.3 is 5.69 Å². The van der Waals surface area contributed by atoms with Crippen LogP contribution in [0.1, 0.15) is 6.92 Å². The number of hydrogen-bond donors (Lipinski definition) is 1. The van der Waals surface area contributed by atoms with Gasteiger partial charge in [0, 0.05) is 24.8 Å². The van der Waals surface area contributed by atoms with Crippen LogP contribution in [0, 0.1) is 0 Å². The first-order valence-corrected chi connectivity index (χ1v) is 9.56. The van der Waals surface area contributed by atoms with Gasteiger partial charge in [-0.3, -0.25) is 13.9 Å². The van der Waals surface area contributed by atoms with Crippen molar-refractivity contribution in [3.63, 3.8) is 0 Å². The lowest BCUT2D eigenvalue weighted by Crippen LogP contribution is -2.36. The molecule has 0 spiro atoms. The molecule has 1 amide bonds. The van der Waals surface area contributed by atoms with Crippen LogP contribution in [-0.4, -0.2) is 36.7 Å². The van der Waals surface area contributed by atoms with Gasteiger partial charge in [0.15, 0.2) is 11.5 Å². The number of phenolic OH excluding ortho intramolecular Hbond substituents is 1. The number of aromatic nitrogens is 4. The van der Waals surface area contributed by atoms with E-state index in [4.69, 9.17) is 0 Å². The molecule has 0 aliphatic heterocycles. The maximum absolute atomic E-state index is 13.0. The van der Waals surface area contributed by atoms with Crippen LogP contribution in [0.25, 0.3) is 22.6 Å². The number of phenols is 1. The summed E-state index contributed by atoms with van der Waals surface area (Å²) >= 11 is 0. The van der Waals surface area contributed by atoms with Crippen LogP contribution < -0.4 is 10.6 Å². The lowest BCUT2D eigenvalue weighted by Gasteiger charge is -2.21. The summed E-state index contributed by atoms with van der Waals surface area (Å²) in [6.45, 7) is 2.14. The summed E-state index contributed by atoms with van der Waals surface area (Å²) in [7, 11) is 1.63. The summed E-state index contributed by atoms with van der Waals surface area (Å²) in [6, 6.07) is 15.9. The number of likely N-dealkylation sites (N-methyl/N-ethyl adjacent to an activating group) is 1. The largest absolute Gasteiger partial charge is 0.508 e. The fraction of sp³-hybridized carbons (Fsp3) is 0.182. The Morgan fingerprint density at radius 1 is 1.10 bits per heavy atom. The van der Waals surface area contributed by atoms with Crippen molar-refractivity contribution in [3.8, 4) is 17.1 Å². The highest BCUT2D eigenvalue weighted by molar-refractivity contribution is 5.94. The van der Waals surface area contributed by atoms with E-state index >= 15 is 0 Å². The van der Waals surface area contributed by atoms with Crippen LogP contribution >= 0.6 is 0 Å². The molecule has 0 atom stereocenters. The van der Waals surface area contributed by atoms with Gasteiger partial charge < -0.3 is 10.0 Å². The van der Waals surface area contributed by atoms with Gasteiger partial charge in [0.25, 0.3) is 0 Å². The van der Waals surface area contributed by atoms with Crippen LogP contribution in [0.15, 0.2) is 65.6 Å². The zero-order chi connectivity index (χ0) is 21.3. The summed E-state index contributed by atoms with van der Waals surface area (Å²) in [5.74, 6) is 0.394. The lowest BCUT2D eigenvalue weighted by atomic mass is 10.2. The number of nitrogens with zero attached hydrogens (tertiary/aromatic N) is 5. The van der Waals surface area contributed by atoms with Gasteiger partial charge in [0.2, 0.25) is 5.91 Å². The van der Waals surface area contributed by atoms with Crippen molar-refractivity contribution in [2.24, 2.45) is 7.05 Å². The highest BCUT2D eigenvalue weighted by Crippen LogP contribution is 2.20. The first-order chi connectivity index (χ1) is 14.5. The van der Waals surface area contributed by atoms with Crippen LogP contribution in [-0.2, 0) is 18.4 Å². The number of imidazole rings is 1. The Kier molecular flexibility index (Phi) is 5.05. The van der Waals surface area contributed by atoms with E-state index in [-0.39, 0.29) is 23.9 Å². The summed E-state index contributed by atoms with van der Waals surface area (Å²) in [4.78, 5) is 36.3. The molecule has 4 rings (SSSR count). The van der Waals surface area contributed by atoms with Gasteiger partial charge in [-0.25, -0.2) is 14.8 Å². The number of amides is 1. The molecule has 152 valence electrons. The van der Waals surface area contributed by atoms with Gasteiger partial charge in [-0.2, -0.15) is 0 Å². The highest BCUT2D eigenvalue weighted by atomic mass is 16.3. The standard InChI is InChI=1S/C22H21N5O3/c1-3-26(16-9-11-17(28)12-10-16)19(29)14-27-18-13-23-20(15-7-5-4-6-8-15)24-21(18)25(2)22(27)30/h4-13,28H,3,14H2,1-2H3. The zero-order valence-corrected chi connectivity index (χ0v) is 16.7. The van der Waals surface area contributed by atoms with E-state index in [9.17, 15) is 14.7 Å². The molecule has 2 aromatic heterocycles. The van der Waals surface area contributed by atoms with Gasteiger partial charge in [-0.15, -0.1) is 0 Å². The van der Waals surface area contributed by atoms with Crippen LogP contribution in [0.5, 0.6) is 5.75 Å². The van der Waals surface area contributed by atoms with Crippen molar-refractivity contribution >= 4 is 22.8 Å². The Morgan fingerprint density at radius 3 is 2.47 bits per heavy atom. The second-order valence-corrected chi connectivity index (χ2v) is 6.85. The molecule has 4 aromatic rings. The average Bonchev–Trinajstić information content (AvgIpc) is 3.00. The Balaban J connectivity index is 1.70. The van der Waals surface area contributed by atoms with E-state index in [0.29, 0.717) is 29.2 Å². The molecule has 2 heterocycles. The number of carbonyl (C=O) groups excluding carboxylic acids is 1. The molecule has 2 aromatic carbocycles. The first-order valence-electron chi connectivity index (χ1n) is 9.56. The van der Waals surface area contributed by atoms with E-state index in [2.05, 4.69) is 9.97 Å². The van der Waals surface area contributed by atoms with E-state index in [1.165, 1.54) is 21.3 Å². The normalized spacial score (nSPS) is 11.0. The maximum Gasteiger partial charge on any atom is 0.330 e. The van der Waals surface area contributed by atoms with Crippen molar-refractivity contribution in [1.82, 2.24) is 19.1 Å². The van der Waals surface area contributed by atoms with Crippen molar-refractivity contribution in [3.05, 3.63) is 71.3 Å². The minimum atomic E-state index is -0.334. The molecule has 30 heavy (non-hydrogen) atoms. The maximum atomic E-state index is 13.0. The number of benzene rings is 2. The van der Waals surface area contributed by atoms with E-state index in [1.807, 2.05) is 37.3 Å². The van der Waals surface area contributed by atoms with Gasteiger partial charge in [-0.05, 0) is 31.2 Å². The number of carbonyl (C=O) groups is 1. The molecule has 0 aliphatic carbocycles. The van der Waals surface area contributed by atoms with E-state index in [0.717, 1.165) is 5.56 Å². The molecule has 0 aliphatic rings. The van der Waals surface area contributed by atoms with Crippen molar-refractivity contribution in [2.45, 2.75) is 13.5 Å². The van der Waals surface area contributed by atoms with E-state index in [1.54, 1.807) is 30.3 Å². The average molecular weight is 403 g/mol. The predicted octanol–water partition coefficient (Wildman–Crippen LogP) is 2.56. The number of rotatable bonds is 5. The highest BCUT2D eigenvalue weighted by Gasteiger charge is 2.20. The quantitative estimate of drug-likeness (QED) is 0.553. The Labute approximate surface area is 172 Å². The van der Waals surface area contributed by atoms with Crippen molar-refractivity contribution < 1.29 is 9.90 Å². The molecular formula is C22H21N5O3. The fourth-order valence-corrected chi connectivity index (χ4v) is 3.41. The second-order valence-electron chi connectivity index (χ2n) is 6.85. The zero-order valence-electron chi connectivity index (χ0n) is 16.7. The Hall–Kier alpha value is -3.94. The molecule has 0 saturated heterocycles. The first kappa shape index (κ1) is 19.4. The molecule has 1 N–H and O–H groups in total. The minimum absolute atomic E-state index is 0.124. The second kappa shape index (κ2) is 7.82. The summed E-state index contributed by atoms with van der Waals surface area (Å²) < 4.78 is 2.81. The lowest BCUT2D eigenvalue weighted by molar-refractivity contribution is -0.119. The Morgan fingerprint density at radius 2 is 1.80 bits per heavy atom. The topological polar surface area (TPSA) is 93.3 Å². The number of hydrogen-bond acceptors (Lipinski definition) is 5. The number of fused-ring (bicyclic) bond motifs is 1. The minimum Gasteiger partial charge on any atom is -0.508 e. The number of aryl methyl sites for hydroxylation is 1. The smallest absolute Gasteiger partial charge is 0.330 e. The Bertz CT molecular complexity index is 1260. The van der Waals surface area contributed by atoms with Gasteiger partial charge in [0.05, 0.1) is 6.20 Å². The molecule has 0 bridgehead atoms. The summed E-state index contributed by atoms with van der Waals surface area (Å²) in [5.41, 5.74) is 2.13. The predicted molar refractivity (Wildman–Crippen MR) is 114 cm³/mol. The van der Waals surface area contributed by atoms with Crippen LogP contribution in [0.2, 0.25) is 0 Å². The van der Waals surface area contributed by atoms with E-state index < -0.39 is 0 Å². The molecule has 0 fully saturated rings. The van der Waals surface area contributed by atoms with Gasteiger partial charge in [0.1, 0.15) is 17.8 Å². The monoisotopic (exact) mass is 403 g/mol. The number of aromatic hydroxyl groups is 1. The van der Waals surface area contributed by atoms with Crippen LogP contribution in [0.4, 0.5) is 5.69 Å². The third kappa shape index (κ3) is 3.43. The molecule has 0 radical (unpaired) electrons. The van der Waals surface area contributed by atoms with Crippen molar-refractivity contribution in [2.75, 3.05) is 11.4 Å². The molecule has 8 nitrogen and oxygen atoms in total. The third-order valence-corrected chi connectivity index (χ3v) is 4.98. The SMILES string of the molecule is CCN(C(=O)Cn1c(=O)n(C)c2nc(-c3ccccc3)ncc21)c1ccc(O)cc1. The van der Waals surface area contributed by atoms with Crippen molar-refractivity contribution in [1.29, 1.82) is 0 Å².